The number of nitrogens with zero attached hydrogens (tertiary/aromatic N) is 3. The van der Waals surface area contributed by atoms with Crippen molar-refractivity contribution in [2.45, 2.75) is 6.54 Å². The number of pyridine rings is 1. The quantitative estimate of drug-likeness (QED) is 0.926. The van der Waals surface area contributed by atoms with Crippen molar-refractivity contribution in [3.8, 4) is 0 Å². The lowest BCUT2D eigenvalue weighted by Gasteiger charge is -2.25. The summed E-state index contributed by atoms with van der Waals surface area (Å²) in [6.45, 7) is 4.05. The number of ether oxygens (including phenoxy) is 1. The van der Waals surface area contributed by atoms with E-state index in [1.54, 1.807) is 17.5 Å². The second-order valence-corrected chi connectivity index (χ2v) is 6.21. The number of halogens is 1. The number of hydrogen-bond donors (Lipinski definition) is 1. The van der Waals surface area contributed by atoms with E-state index in [0.29, 0.717) is 16.5 Å². The van der Waals surface area contributed by atoms with Crippen molar-refractivity contribution in [1.82, 2.24) is 14.9 Å². The van der Waals surface area contributed by atoms with Gasteiger partial charge < -0.3 is 10.1 Å². The van der Waals surface area contributed by atoms with Gasteiger partial charge in [-0.25, -0.2) is 9.97 Å². The Morgan fingerprint density at radius 1 is 1.41 bits per heavy atom. The maximum absolute atomic E-state index is 12.1. The predicted octanol–water partition coefficient (Wildman–Crippen LogP) is 2.28. The molecule has 1 amide bonds. The second kappa shape index (κ2) is 7.15. The van der Waals surface area contributed by atoms with Crippen LogP contribution in [0.15, 0.2) is 23.7 Å². The van der Waals surface area contributed by atoms with Gasteiger partial charge >= 0.3 is 0 Å². The molecule has 0 spiro atoms. The standard InChI is InChI=1S/C14H15ClN4O2S/c15-10-1-2-12(16-7-10)18-14(20)11-9-22-13(17-11)8-19-3-5-21-6-4-19/h1-2,7,9H,3-6,8H2,(H,16,18,20). The summed E-state index contributed by atoms with van der Waals surface area (Å²) in [5, 5.41) is 5.92. The first-order valence-electron chi connectivity index (χ1n) is 6.88. The van der Waals surface area contributed by atoms with Crippen LogP contribution < -0.4 is 5.32 Å². The zero-order valence-electron chi connectivity index (χ0n) is 11.8. The summed E-state index contributed by atoms with van der Waals surface area (Å²) in [5.74, 6) is 0.191. The minimum atomic E-state index is -0.265. The van der Waals surface area contributed by atoms with Gasteiger partial charge in [-0.2, -0.15) is 0 Å². The minimum absolute atomic E-state index is 0.265. The number of amides is 1. The number of thiazole rings is 1. The Morgan fingerprint density at radius 3 is 2.95 bits per heavy atom. The van der Waals surface area contributed by atoms with Crippen LogP contribution in [0, 0.1) is 0 Å². The first-order valence-corrected chi connectivity index (χ1v) is 8.14. The largest absolute Gasteiger partial charge is 0.379 e. The lowest BCUT2D eigenvalue weighted by Crippen LogP contribution is -2.35. The molecule has 0 aromatic carbocycles. The number of rotatable bonds is 4. The third kappa shape index (κ3) is 4.01. The zero-order valence-corrected chi connectivity index (χ0v) is 13.4. The van der Waals surface area contributed by atoms with E-state index < -0.39 is 0 Å². The number of aromatic nitrogens is 2. The SMILES string of the molecule is O=C(Nc1ccc(Cl)cn1)c1csc(CN2CCOCC2)n1. The van der Waals surface area contributed by atoms with E-state index in [-0.39, 0.29) is 5.91 Å². The number of nitrogens with one attached hydrogen (secondary N) is 1. The maximum Gasteiger partial charge on any atom is 0.276 e. The highest BCUT2D eigenvalue weighted by Crippen LogP contribution is 2.15. The molecule has 116 valence electrons. The fourth-order valence-electron chi connectivity index (χ4n) is 2.07. The monoisotopic (exact) mass is 338 g/mol. The Kier molecular flexibility index (Phi) is 4.99. The molecule has 0 aliphatic carbocycles. The van der Waals surface area contributed by atoms with Crippen LogP contribution >= 0.6 is 22.9 Å². The summed E-state index contributed by atoms with van der Waals surface area (Å²) < 4.78 is 5.32. The molecule has 2 aromatic heterocycles. The highest BCUT2D eigenvalue weighted by Gasteiger charge is 2.15. The van der Waals surface area contributed by atoms with E-state index in [4.69, 9.17) is 16.3 Å². The first-order chi connectivity index (χ1) is 10.7. The summed E-state index contributed by atoms with van der Waals surface area (Å²) in [6, 6.07) is 3.33. The molecule has 1 aliphatic rings. The molecule has 3 heterocycles. The summed E-state index contributed by atoms with van der Waals surface area (Å²) >= 11 is 7.25. The Labute approximate surface area is 137 Å². The van der Waals surface area contributed by atoms with E-state index in [2.05, 4.69) is 20.2 Å². The molecule has 0 bridgehead atoms. The van der Waals surface area contributed by atoms with Crippen molar-refractivity contribution in [1.29, 1.82) is 0 Å². The Bertz CT molecular complexity index is 641. The smallest absolute Gasteiger partial charge is 0.276 e. The first kappa shape index (κ1) is 15.4. The van der Waals surface area contributed by atoms with Crippen molar-refractivity contribution in [2.24, 2.45) is 0 Å². The van der Waals surface area contributed by atoms with Gasteiger partial charge in [0, 0.05) is 24.7 Å². The van der Waals surface area contributed by atoms with Gasteiger partial charge in [0.2, 0.25) is 0 Å². The molecule has 1 saturated heterocycles. The van der Waals surface area contributed by atoms with Gasteiger partial charge in [0.05, 0.1) is 24.8 Å². The highest BCUT2D eigenvalue weighted by atomic mass is 35.5. The van der Waals surface area contributed by atoms with Crippen LogP contribution in [-0.2, 0) is 11.3 Å². The van der Waals surface area contributed by atoms with Crippen LogP contribution in [-0.4, -0.2) is 47.1 Å². The summed E-state index contributed by atoms with van der Waals surface area (Å²) in [6.07, 6.45) is 1.49. The molecule has 22 heavy (non-hydrogen) atoms. The molecule has 0 saturated carbocycles. The molecule has 1 fully saturated rings. The van der Waals surface area contributed by atoms with Gasteiger partial charge in [-0.05, 0) is 12.1 Å². The summed E-state index contributed by atoms with van der Waals surface area (Å²) in [7, 11) is 0. The lowest BCUT2D eigenvalue weighted by atomic mass is 10.4. The van der Waals surface area contributed by atoms with E-state index in [1.807, 2.05) is 0 Å². The third-order valence-corrected chi connectivity index (χ3v) is 4.27. The third-order valence-electron chi connectivity index (χ3n) is 3.22. The van der Waals surface area contributed by atoms with Crippen LogP contribution in [0.3, 0.4) is 0 Å². The molecular weight excluding hydrogens is 324 g/mol. The van der Waals surface area contributed by atoms with Crippen LogP contribution in [0.2, 0.25) is 5.02 Å². The van der Waals surface area contributed by atoms with Crippen LogP contribution in [0.4, 0.5) is 5.82 Å². The van der Waals surface area contributed by atoms with Gasteiger partial charge in [-0.15, -0.1) is 11.3 Å². The number of carbonyl (C=O) groups is 1. The zero-order chi connectivity index (χ0) is 15.4. The Balaban J connectivity index is 1.60. The van der Waals surface area contributed by atoms with E-state index in [9.17, 15) is 4.79 Å². The fourth-order valence-corrected chi connectivity index (χ4v) is 3.00. The van der Waals surface area contributed by atoms with E-state index in [1.165, 1.54) is 17.5 Å². The van der Waals surface area contributed by atoms with Crippen LogP contribution in [0.5, 0.6) is 0 Å². The molecule has 0 radical (unpaired) electrons. The topological polar surface area (TPSA) is 67.4 Å². The van der Waals surface area contributed by atoms with Crippen molar-refractivity contribution in [3.05, 3.63) is 39.4 Å². The highest BCUT2D eigenvalue weighted by molar-refractivity contribution is 7.09. The van der Waals surface area contributed by atoms with E-state index >= 15 is 0 Å². The predicted molar refractivity (Wildman–Crippen MR) is 85.4 cm³/mol. The van der Waals surface area contributed by atoms with Gasteiger partial charge in [0.1, 0.15) is 16.5 Å². The number of morpholine rings is 1. The van der Waals surface area contributed by atoms with Crippen molar-refractivity contribution >= 4 is 34.7 Å². The maximum atomic E-state index is 12.1. The molecule has 0 unspecified atom stereocenters. The lowest BCUT2D eigenvalue weighted by molar-refractivity contribution is 0.0341. The number of anilines is 1. The summed E-state index contributed by atoms with van der Waals surface area (Å²) in [5.41, 5.74) is 0.407. The molecule has 2 aromatic rings. The minimum Gasteiger partial charge on any atom is -0.379 e. The van der Waals surface area contributed by atoms with Gasteiger partial charge in [0.15, 0.2) is 0 Å². The number of hydrogen-bond acceptors (Lipinski definition) is 6. The van der Waals surface area contributed by atoms with Gasteiger partial charge in [-0.3, -0.25) is 9.69 Å². The Hall–Kier alpha value is -1.54. The molecular formula is C14H15ClN4O2S. The molecule has 0 atom stereocenters. The number of carbonyl (C=O) groups excluding carboxylic acids is 1. The van der Waals surface area contributed by atoms with Gasteiger partial charge in [-0.1, -0.05) is 11.6 Å². The molecule has 8 heteroatoms. The van der Waals surface area contributed by atoms with Crippen LogP contribution in [0.25, 0.3) is 0 Å². The average Bonchev–Trinajstić information content (AvgIpc) is 2.99. The Morgan fingerprint density at radius 2 is 2.23 bits per heavy atom. The molecule has 6 nitrogen and oxygen atoms in total. The van der Waals surface area contributed by atoms with Crippen molar-refractivity contribution < 1.29 is 9.53 Å². The summed E-state index contributed by atoms with van der Waals surface area (Å²) in [4.78, 5) is 22.8. The van der Waals surface area contributed by atoms with Crippen molar-refractivity contribution in [2.75, 3.05) is 31.6 Å². The van der Waals surface area contributed by atoms with Gasteiger partial charge in [0.25, 0.3) is 5.91 Å². The fraction of sp³-hybridized carbons (Fsp3) is 0.357. The average molecular weight is 339 g/mol. The van der Waals surface area contributed by atoms with E-state index in [0.717, 1.165) is 37.9 Å². The second-order valence-electron chi connectivity index (χ2n) is 4.83. The molecule has 1 aliphatic heterocycles. The van der Waals surface area contributed by atoms with Crippen LogP contribution in [0.1, 0.15) is 15.5 Å². The normalized spacial score (nSPS) is 15.7. The van der Waals surface area contributed by atoms with Crippen molar-refractivity contribution in [3.63, 3.8) is 0 Å². The molecule has 1 N–H and O–H groups in total. The molecule has 3 rings (SSSR count).